The third-order valence-corrected chi connectivity index (χ3v) is 6.12. The molecular formula is C28H30N2O3. The van der Waals surface area contributed by atoms with Crippen molar-refractivity contribution in [3.63, 3.8) is 0 Å². The van der Waals surface area contributed by atoms with Crippen molar-refractivity contribution in [1.82, 2.24) is 0 Å². The summed E-state index contributed by atoms with van der Waals surface area (Å²) in [5.41, 5.74) is 11.0. The number of nitrogens with two attached hydrogens (primary N) is 1. The maximum atomic E-state index is 13.2. The number of carbonyl (C=O) groups excluding carboxylic acids is 2. The summed E-state index contributed by atoms with van der Waals surface area (Å²) >= 11 is 0. The summed E-state index contributed by atoms with van der Waals surface area (Å²) < 4.78 is 6.08. The number of nitrogens with zero attached hydrogens (tertiary/aromatic N) is 1. The highest BCUT2D eigenvalue weighted by Crippen LogP contribution is 2.41. The van der Waals surface area contributed by atoms with Crippen molar-refractivity contribution >= 4 is 23.4 Å². The SMILES string of the molecule is CC(C)Cc1ccc([C@@H](C)C(=O)OC2Cc3ccccc3N(C(N)=O)c3ccccc32)cc1. The molecule has 1 heterocycles. The first-order chi connectivity index (χ1) is 15.8. The Morgan fingerprint density at radius 1 is 0.939 bits per heavy atom. The van der Waals surface area contributed by atoms with Gasteiger partial charge in [-0.15, -0.1) is 0 Å². The molecule has 0 fully saturated rings. The maximum Gasteiger partial charge on any atom is 0.323 e. The molecule has 0 aliphatic carbocycles. The lowest BCUT2D eigenvalue weighted by atomic mass is 9.96. The Morgan fingerprint density at radius 2 is 1.58 bits per heavy atom. The Labute approximate surface area is 195 Å². The Kier molecular flexibility index (Phi) is 6.50. The summed E-state index contributed by atoms with van der Waals surface area (Å²) in [5, 5.41) is 0. The van der Waals surface area contributed by atoms with Gasteiger partial charge in [-0.05, 0) is 48.1 Å². The second-order valence-corrected chi connectivity index (χ2v) is 9.05. The Bertz CT molecular complexity index is 1150. The van der Waals surface area contributed by atoms with Crippen LogP contribution in [0.5, 0.6) is 0 Å². The number of rotatable bonds is 5. The quantitative estimate of drug-likeness (QED) is 0.489. The average Bonchev–Trinajstić information content (AvgIpc) is 2.93. The van der Waals surface area contributed by atoms with Crippen molar-refractivity contribution in [3.05, 3.63) is 95.1 Å². The van der Waals surface area contributed by atoms with Gasteiger partial charge < -0.3 is 10.5 Å². The number of amides is 2. The zero-order chi connectivity index (χ0) is 23.5. The van der Waals surface area contributed by atoms with Gasteiger partial charge in [0.25, 0.3) is 0 Å². The van der Waals surface area contributed by atoms with Gasteiger partial charge >= 0.3 is 12.0 Å². The van der Waals surface area contributed by atoms with Crippen molar-refractivity contribution in [2.45, 2.75) is 45.6 Å². The molecule has 2 N–H and O–H groups in total. The van der Waals surface area contributed by atoms with E-state index in [1.807, 2.05) is 67.6 Å². The monoisotopic (exact) mass is 442 g/mol. The first-order valence-corrected chi connectivity index (χ1v) is 11.4. The minimum absolute atomic E-state index is 0.295. The molecule has 1 aliphatic rings. The Morgan fingerprint density at radius 3 is 2.24 bits per heavy atom. The number of primary amides is 1. The van der Waals surface area contributed by atoms with E-state index < -0.39 is 18.1 Å². The van der Waals surface area contributed by atoms with Crippen LogP contribution in [-0.2, 0) is 22.4 Å². The third-order valence-electron chi connectivity index (χ3n) is 6.12. The lowest BCUT2D eigenvalue weighted by Gasteiger charge is -2.24. The first kappa shape index (κ1) is 22.6. The van der Waals surface area contributed by atoms with Crippen LogP contribution in [0.4, 0.5) is 16.2 Å². The smallest absolute Gasteiger partial charge is 0.323 e. The van der Waals surface area contributed by atoms with Gasteiger partial charge in [-0.2, -0.15) is 0 Å². The topological polar surface area (TPSA) is 72.6 Å². The van der Waals surface area contributed by atoms with Crippen molar-refractivity contribution in [2.75, 3.05) is 4.90 Å². The second-order valence-electron chi connectivity index (χ2n) is 9.05. The Hall–Kier alpha value is -3.60. The number of para-hydroxylation sites is 2. The number of esters is 1. The van der Waals surface area contributed by atoms with E-state index in [-0.39, 0.29) is 5.97 Å². The van der Waals surface area contributed by atoms with E-state index >= 15 is 0 Å². The normalized spacial score (nSPS) is 15.9. The largest absolute Gasteiger partial charge is 0.457 e. The van der Waals surface area contributed by atoms with Crippen LogP contribution in [0.25, 0.3) is 0 Å². The van der Waals surface area contributed by atoms with Crippen LogP contribution in [0.2, 0.25) is 0 Å². The molecule has 170 valence electrons. The highest BCUT2D eigenvalue weighted by molar-refractivity contribution is 6.00. The molecule has 1 unspecified atom stereocenters. The molecule has 3 aromatic carbocycles. The first-order valence-electron chi connectivity index (χ1n) is 11.4. The van der Waals surface area contributed by atoms with E-state index in [9.17, 15) is 9.59 Å². The molecule has 2 amide bonds. The summed E-state index contributed by atoms with van der Waals surface area (Å²) in [7, 11) is 0. The number of ether oxygens (including phenoxy) is 1. The van der Waals surface area contributed by atoms with Crippen molar-refractivity contribution in [1.29, 1.82) is 0 Å². The molecule has 5 heteroatoms. The number of urea groups is 1. The van der Waals surface area contributed by atoms with E-state index in [1.165, 1.54) is 10.5 Å². The van der Waals surface area contributed by atoms with E-state index in [0.29, 0.717) is 23.7 Å². The van der Waals surface area contributed by atoms with Crippen LogP contribution in [-0.4, -0.2) is 12.0 Å². The second kappa shape index (κ2) is 9.49. The predicted octanol–water partition coefficient (Wildman–Crippen LogP) is 6.05. The third kappa shape index (κ3) is 4.77. The van der Waals surface area contributed by atoms with Crippen LogP contribution in [0.3, 0.4) is 0 Å². The predicted molar refractivity (Wildman–Crippen MR) is 131 cm³/mol. The summed E-state index contributed by atoms with van der Waals surface area (Å²) in [4.78, 5) is 27.1. The molecule has 4 rings (SSSR count). The van der Waals surface area contributed by atoms with E-state index in [1.54, 1.807) is 0 Å². The van der Waals surface area contributed by atoms with Gasteiger partial charge in [-0.3, -0.25) is 9.69 Å². The zero-order valence-corrected chi connectivity index (χ0v) is 19.3. The minimum Gasteiger partial charge on any atom is -0.457 e. The standard InChI is InChI=1S/C28H30N2O3/c1-18(2)16-20-12-14-21(15-13-20)19(3)27(31)33-26-17-22-8-4-6-10-24(22)30(28(29)32)25-11-7-5-9-23(25)26/h4-15,18-19,26H,16-17H2,1-3H3,(H2,29,32)/t19-,26?/m1/s1. The van der Waals surface area contributed by atoms with Gasteiger partial charge in [-0.1, -0.05) is 74.5 Å². The van der Waals surface area contributed by atoms with Crippen LogP contribution >= 0.6 is 0 Å². The molecule has 0 bridgehead atoms. The number of anilines is 2. The van der Waals surface area contributed by atoms with Crippen LogP contribution in [0, 0.1) is 5.92 Å². The van der Waals surface area contributed by atoms with E-state index in [0.717, 1.165) is 23.1 Å². The minimum atomic E-state index is -0.572. The average molecular weight is 443 g/mol. The van der Waals surface area contributed by atoms with Gasteiger partial charge in [0.2, 0.25) is 0 Å². The number of hydrogen-bond acceptors (Lipinski definition) is 3. The number of carbonyl (C=O) groups is 2. The lowest BCUT2D eigenvalue weighted by Crippen LogP contribution is -2.32. The van der Waals surface area contributed by atoms with Gasteiger partial charge in [-0.25, -0.2) is 4.79 Å². The molecule has 0 radical (unpaired) electrons. The highest BCUT2D eigenvalue weighted by Gasteiger charge is 2.32. The number of hydrogen-bond donors (Lipinski definition) is 1. The van der Waals surface area contributed by atoms with Gasteiger partial charge in [0.15, 0.2) is 0 Å². The molecular weight excluding hydrogens is 412 g/mol. The summed E-state index contributed by atoms with van der Waals surface area (Å²) in [6, 6.07) is 22.7. The molecule has 5 nitrogen and oxygen atoms in total. The zero-order valence-electron chi connectivity index (χ0n) is 19.3. The molecule has 0 spiro atoms. The molecule has 0 saturated heterocycles. The maximum absolute atomic E-state index is 13.2. The van der Waals surface area contributed by atoms with Crippen molar-refractivity contribution in [2.24, 2.45) is 11.7 Å². The summed E-state index contributed by atoms with van der Waals surface area (Å²) in [6.07, 6.45) is 0.943. The van der Waals surface area contributed by atoms with Gasteiger partial charge in [0, 0.05) is 12.0 Å². The molecule has 33 heavy (non-hydrogen) atoms. The van der Waals surface area contributed by atoms with Crippen molar-refractivity contribution in [3.8, 4) is 0 Å². The van der Waals surface area contributed by atoms with Gasteiger partial charge in [0.1, 0.15) is 6.10 Å². The fraction of sp³-hybridized carbons (Fsp3) is 0.286. The lowest BCUT2D eigenvalue weighted by molar-refractivity contribution is -0.150. The fourth-order valence-corrected chi connectivity index (χ4v) is 4.44. The molecule has 3 aromatic rings. The van der Waals surface area contributed by atoms with Gasteiger partial charge in [0.05, 0.1) is 17.3 Å². The molecule has 0 aromatic heterocycles. The molecule has 0 saturated carbocycles. The molecule has 2 atom stereocenters. The fourth-order valence-electron chi connectivity index (χ4n) is 4.44. The van der Waals surface area contributed by atoms with Crippen molar-refractivity contribution < 1.29 is 14.3 Å². The van der Waals surface area contributed by atoms with Crippen LogP contribution < -0.4 is 10.6 Å². The van der Waals surface area contributed by atoms with E-state index in [4.69, 9.17) is 10.5 Å². The number of benzene rings is 3. The summed E-state index contributed by atoms with van der Waals surface area (Å²) in [5.74, 6) is -0.121. The van der Waals surface area contributed by atoms with Crippen LogP contribution in [0.1, 0.15) is 55.0 Å². The molecule has 1 aliphatic heterocycles. The summed E-state index contributed by atoms with van der Waals surface area (Å²) in [6.45, 7) is 6.25. The highest BCUT2D eigenvalue weighted by atomic mass is 16.5. The van der Waals surface area contributed by atoms with E-state index in [2.05, 4.69) is 26.0 Å². The number of fused-ring (bicyclic) bond motifs is 2. The Balaban J connectivity index is 1.62. The van der Waals surface area contributed by atoms with Crippen LogP contribution in [0.15, 0.2) is 72.8 Å².